The Morgan fingerprint density at radius 2 is 2.31 bits per heavy atom. The zero-order valence-electron chi connectivity index (χ0n) is 7.12. The van der Waals surface area contributed by atoms with Crippen molar-refractivity contribution in [1.82, 2.24) is 0 Å². The molecule has 0 saturated carbocycles. The summed E-state index contributed by atoms with van der Waals surface area (Å²) in [4.78, 5) is 14.3. The van der Waals surface area contributed by atoms with Gasteiger partial charge in [0.15, 0.2) is 5.57 Å². The molecule has 0 fully saturated rings. The number of nitrogens with zero attached hydrogens (tertiary/aromatic N) is 2. The van der Waals surface area contributed by atoms with Crippen LogP contribution in [0, 0.1) is 16.9 Å². The van der Waals surface area contributed by atoms with Gasteiger partial charge in [-0.3, -0.25) is 5.41 Å². The predicted octanol–water partition coefficient (Wildman–Crippen LogP) is 0.577. The van der Waals surface area contributed by atoms with Crippen molar-refractivity contribution >= 4 is 28.6 Å². The summed E-state index contributed by atoms with van der Waals surface area (Å²) in [5, 5.41) is 15.2. The lowest BCUT2D eigenvalue weighted by atomic mass is 10.3. The minimum absolute atomic E-state index is 0.129. The number of methoxy groups -OCH3 is 1. The third kappa shape index (κ3) is 3.11. The standard InChI is InChI=1S/C7H7N3O2S/c1-12-7(11)5(3-8)6(13-2)10-4-9/h8H,1-2H3. The maximum atomic E-state index is 11.0. The van der Waals surface area contributed by atoms with Gasteiger partial charge in [0, 0.05) is 0 Å². The molecule has 0 bridgehead atoms. The van der Waals surface area contributed by atoms with Gasteiger partial charge < -0.3 is 4.74 Å². The molecule has 0 amide bonds. The van der Waals surface area contributed by atoms with Crippen LogP contribution in [0.4, 0.5) is 0 Å². The van der Waals surface area contributed by atoms with Gasteiger partial charge in [-0.1, -0.05) is 0 Å². The molecular weight excluding hydrogens is 190 g/mol. The van der Waals surface area contributed by atoms with Crippen molar-refractivity contribution in [3.8, 4) is 6.19 Å². The maximum Gasteiger partial charge on any atom is 0.350 e. The summed E-state index contributed by atoms with van der Waals surface area (Å²) in [5.74, 6) is 1.15. The normalized spacial score (nSPS) is 9.77. The summed E-state index contributed by atoms with van der Waals surface area (Å²) in [6.07, 6.45) is 3.16. The average molecular weight is 197 g/mol. The summed E-state index contributed by atoms with van der Waals surface area (Å²) < 4.78 is 4.37. The molecule has 0 aromatic carbocycles. The fourth-order valence-corrected chi connectivity index (χ4v) is 1.01. The first-order valence-corrected chi connectivity index (χ1v) is 4.32. The van der Waals surface area contributed by atoms with Crippen LogP contribution in [0.3, 0.4) is 0 Å². The Hall–Kier alpha value is -1.57. The fourth-order valence-electron chi connectivity index (χ4n) is 0.543. The van der Waals surface area contributed by atoms with Gasteiger partial charge in [0.2, 0.25) is 6.19 Å². The number of nitriles is 1. The largest absolute Gasteiger partial charge is 0.465 e. The lowest BCUT2D eigenvalue weighted by Gasteiger charge is -2.00. The molecule has 0 aromatic heterocycles. The monoisotopic (exact) mass is 197 g/mol. The number of aliphatic imine (C=N–C) groups is 1. The molecule has 6 heteroatoms. The summed E-state index contributed by atoms with van der Waals surface area (Å²) in [5.41, 5.74) is -0.142. The molecule has 0 rings (SSSR count). The number of thioether (sulfide) groups is 1. The predicted molar refractivity (Wildman–Crippen MR) is 49.8 cm³/mol. The topological polar surface area (TPSA) is 86.3 Å². The van der Waals surface area contributed by atoms with Crippen LogP contribution < -0.4 is 0 Å². The molecule has 5 nitrogen and oxygen atoms in total. The van der Waals surface area contributed by atoms with E-state index >= 15 is 0 Å². The summed E-state index contributed by atoms with van der Waals surface area (Å²) in [7, 11) is 1.18. The number of hydrogen-bond acceptors (Lipinski definition) is 6. The van der Waals surface area contributed by atoms with E-state index in [4.69, 9.17) is 10.7 Å². The highest BCUT2D eigenvalue weighted by Crippen LogP contribution is 2.08. The van der Waals surface area contributed by atoms with E-state index < -0.39 is 5.97 Å². The number of carbonyl (C=O) groups is 1. The highest BCUT2D eigenvalue weighted by atomic mass is 32.2. The molecule has 0 spiro atoms. The van der Waals surface area contributed by atoms with Gasteiger partial charge in [-0.05, 0) is 12.1 Å². The Bertz CT molecular complexity index is 323. The zero-order chi connectivity index (χ0) is 10.3. The zero-order valence-corrected chi connectivity index (χ0v) is 7.94. The van der Waals surface area contributed by atoms with Crippen LogP contribution >= 0.6 is 11.8 Å². The first-order chi connectivity index (χ1) is 6.21. The smallest absolute Gasteiger partial charge is 0.350 e. The summed E-state index contributed by atoms with van der Waals surface area (Å²) in [6.45, 7) is 0. The fraction of sp³-hybridized carbons (Fsp3) is 0.286. The van der Waals surface area contributed by atoms with Crippen LogP contribution in [0.15, 0.2) is 10.6 Å². The average Bonchev–Trinajstić information content (AvgIpc) is 2.17. The Morgan fingerprint density at radius 3 is 2.62 bits per heavy atom. The molecule has 0 aliphatic heterocycles. The lowest BCUT2D eigenvalue weighted by Crippen LogP contribution is -2.12. The molecule has 0 aromatic rings. The van der Waals surface area contributed by atoms with E-state index in [1.165, 1.54) is 13.3 Å². The quantitative estimate of drug-likeness (QED) is 0.230. The van der Waals surface area contributed by atoms with Crippen LogP contribution in [-0.2, 0) is 9.53 Å². The second-order valence-electron chi connectivity index (χ2n) is 1.71. The number of carbonyl (C=O) groups excluding carboxylic acids is 1. The van der Waals surface area contributed by atoms with Gasteiger partial charge in [-0.25, -0.2) is 4.79 Å². The third-order valence-corrected chi connectivity index (χ3v) is 1.76. The van der Waals surface area contributed by atoms with E-state index in [2.05, 4.69) is 9.73 Å². The van der Waals surface area contributed by atoms with Crippen LogP contribution in [-0.4, -0.2) is 30.2 Å². The van der Waals surface area contributed by atoms with Crippen LogP contribution in [0.2, 0.25) is 0 Å². The molecule has 0 unspecified atom stereocenters. The molecular formula is C7H7N3O2S. The number of rotatable bonds is 2. The molecule has 0 saturated heterocycles. The van der Waals surface area contributed by atoms with Gasteiger partial charge in [-0.2, -0.15) is 10.3 Å². The van der Waals surface area contributed by atoms with E-state index in [9.17, 15) is 4.79 Å². The third-order valence-electron chi connectivity index (χ3n) is 1.07. The van der Waals surface area contributed by atoms with Crippen LogP contribution in [0.1, 0.15) is 0 Å². The van der Waals surface area contributed by atoms with E-state index in [1.54, 1.807) is 6.26 Å². The highest BCUT2D eigenvalue weighted by molar-refractivity contribution is 8.14. The van der Waals surface area contributed by atoms with Gasteiger partial charge in [-0.15, -0.1) is 11.8 Å². The van der Waals surface area contributed by atoms with Gasteiger partial charge in [0.05, 0.1) is 7.11 Å². The van der Waals surface area contributed by atoms with Gasteiger partial charge in [0.25, 0.3) is 0 Å². The van der Waals surface area contributed by atoms with E-state index in [0.717, 1.165) is 11.8 Å². The summed E-state index contributed by atoms with van der Waals surface area (Å²) >= 11 is 1.08. The first-order valence-electron chi connectivity index (χ1n) is 3.10. The Kier molecular flexibility index (Phi) is 5.28. The SMILES string of the molecule is COC(=O)C(=C=N)C(=NC#N)SC. The van der Waals surface area contributed by atoms with E-state index in [-0.39, 0.29) is 10.6 Å². The van der Waals surface area contributed by atoms with Crippen molar-refractivity contribution in [2.45, 2.75) is 0 Å². The molecule has 0 atom stereocenters. The van der Waals surface area contributed by atoms with E-state index in [1.807, 2.05) is 5.87 Å². The van der Waals surface area contributed by atoms with Crippen molar-refractivity contribution < 1.29 is 9.53 Å². The molecule has 1 N–H and O–H groups in total. The molecule has 0 radical (unpaired) electrons. The van der Waals surface area contributed by atoms with Crippen molar-refractivity contribution in [1.29, 1.82) is 10.7 Å². The molecule has 0 heterocycles. The van der Waals surface area contributed by atoms with Crippen LogP contribution in [0.25, 0.3) is 0 Å². The Labute approximate surface area is 79.6 Å². The van der Waals surface area contributed by atoms with E-state index in [0.29, 0.717) is 0 Å². The highest BCUT2D eigenvalue weighted by Gasteiger charge is 2.16. The Balaban J connectivity index is 5.01. The van der Waals surface area contributed by atoms with Gasteiger partial charge in [0.1, 0.15) is 5.04 Å². The lowest BCUT2D eigenvalue weighted by molar-refractivity contribution is -0.135. The minimum Gasteiger partial charge on any atom is -0.465 e. The van der Waals surface area contributed by atoms with Crippen molar-refractivity contribution in [2.24, 2.45) is 4.99 Å². The van der Waals surface area contributed by atoms with Crippen molar-refractivity contribution in [3.05, 3.63) is 5.57 Å². The molecule has 68 valence electrons. The molecule has 0 aliphatic rings. The minimum atomic E-state index is -0.724. The number of esters is 1. The van der Waals surface area contributed by atoms with Gasteiger partial charge >= 0.3 is 5.97 Å². The molecule has 0 aliphatic carbocycles. The summed E-state index contributed by atoms with van der Waals surface area (Å²) in [6, 6.07) is 0. The second-order valence-corrected chi connectivity index (χ2v) is 2.51. The number of ether oxygens (including phenoxy) is 1. The number of nitrogens with one attached hydrogen (secondary N) is 1. The molecule has 13 heavy (non-hydrogen) atoms. The first kappa shape index (κ1) is 11.4. The van der Waals surface area contributed by atoms with Crippen LogP contribution in [0.5, 0.6) is 0 Å². The Morgan fingerprint density at radius 1 is 1.69 bits per heavy atom. The maximum absolute atomic E-state index is 11.0. The number of hydrogen-bond donors (Lipinski definition) is 1. The van der Waals surface area contributed by atoms with Crippen molar-refractivity contribution in [3.63, 3.8) is 0 Å². The second kappa shape index (κ2) is 6.00. The van der Waals surface area contributed by atoms with Crippen molar-refractivity contribution in [2.75, 3.05) is 13.4 Å².